The topological polar surface area (TPSA) is 61.5 Å². The third-order valence-corrected chi connectivity index (χ3v) is 3.48. The van der Waals surface area contributed by atoms with Crippen LogP contribution in [0.2, 0.25) is 0 Å². The van der Waals surface area contributed by atoms with Gasteiger partial charge in [0.15, 0.2) is 0 Å². The Kier molecular flexibility index (Phi) is 6.32. The van der Waals surface area contributed by atoms with Gasteiger partial charge in [0.1, 0.15) is 18.8 Å². The Hall–Kier alpha value is -0.910. The minimum atomic E-state index is -0.258. The summed E-state index contributed by atoms with van der Waals surface area (Å²) in [7, 11) is 0. The van der Waals surface area contributed by atoms with E-state index in [9.17, 15) is 4.79 Å². The lowest BCUT2D eigenvalue weighted by atomic mass is 10.2. The highest BCUT2D eigenvalue weighted by Crippen LogP contribution is 2.21. The molecule has 0 spiro atoms. The lowest BCUT2D eigenvalue weighted by molar-refractivity contribution is -0.899. The highest BCUT2D eigenvalue weighted by atomic mass is 16.5. The number of carbonyl (C=O) groups is 1. The first-order chi connectivity index (χ1) is 8.64. The summed E-state index contributed by atoms with van der Waals surface area (Å²) in [5.74, 6) is -0.258. The molecule has 0 unspecified atom stereocenters. The van der Waals surface area contributed by atoms with Gasteiger partial charge in [0.05, 0.1) is 32.4 Å². The number of esters is 1. The van der Waals surface area contributed by atoms with Crippen molar-refractivity contribution in [2.75, 3.05) is 46.0 Å². The van der Waals surface area contributed by atoms with Crippen LogP contribution in [0.15, 0.2) is 11.8 Å². The van der Waals surface area contributed by atoms with E-state index < -0.39 is 0 Å². The van der Waals surface area contributed by atoms with Gasteiger partial charge in [-0.25, -0.2) is 4.79 Å². The molecule has 0 aromatic carbocycles. The first-order valence-electron chi connectivity index (χ1n) is 6.64. The Bertz CT molecular complexity index is 297. The third-order valence-electron chi connectivity index (χ3n) is 3.48. The minimum Gasteiger partial charge on any atom is -0.463 e. The van der Waals surface area contributed by atoms with E-state index in [2.05, 4.69) is 0 Å². The van der Waals surface area contributed by atoms with Gasteiger partial charge in [-0.1, -0.05) is 0 Å². The number of morpholine rings is 1. The summed E-state index contributed by atoms with van der Waals surface area (Å²) in [5, 5.41) is 0. The van der Waals surface area contributed by atoms with E-state index in [1.54, 1.807) is 6.08 Å². The van der Waals surface area contributed by atoms with Crippen molar-refractivity contribution in [3.63, 3.8) is 0 Å². The van der Waals surface area contributed by atoms with E-state index in [1.165, 1.54) is 0 Å². The number of allylic oxidation sites excluding steroid dienone is 1. The quantitative estimate of drug-likeness (QED) is 0.431. The fraction of sp³-hybridized carbons (Fsp3) is 0.769. The SMILES string of the molecule is CCOC(=O)/C=C(/C)[N+]1(CCCN)CCOCC1. The number of ether oxygens (including phenoxy) is 2. The standard InChI is InChI=1S/C13H25N2O3/c1-3-18-13(16)11-12(2)15(6-4-5-14)7-9-17-10-8-15/h11H,3-10,14H2,1-2H3/q+1/b12-11-. The Morgan fingerprint density at radius 1 is 1.44 bits per heavy atom. The zero-order chi connectivity index (χ0) is 13.4. The number of rotatable bonds is 6. The fourth-order valence-electron chi connectivity index (χ4n) is 2.33. The molecule has 0 aromatic heterocycles. The summed E-state index contributed by atoms with van der Waals surface area (Å²) >= 11 is 0. The van der Waals surface area contributed by atoms with Crippen LogP contribution in [0.25, 0.3) is 0 Å². The normalized spacial score (nSPS) is 19.6. The smallest absolute Gasteiger partial charge is 0.336 e. The third kappa shape index (κ3) is 4.08. The molecule has 0 aromatic rings. The second-order valence-electron chi connectivity index (χ2n) is 4.61. The number of quaternary nitrogens is 1. The molecule has 1 aliphatic heterocycles. The van der Waals surface area contributed by atoms with Crippen molar-refractivity contribution in [1.82, 2.24) is 0 Å². The molecule has 0 saturated carbocycles. The molecule has 1 heterocycles. The van der Waals surface area contributed by atoms with Gasteiger partial charge in [-0.05, 0) is 13.5 Å². The Balaban J connectivity index is 2.77. The van der Waals surface area contributed by atoms with Gasteiger partial charge >= 0.3 is 5.97 Å². The zero-order valence-corrected chi connectivity index (χ0v) is 11.5. The maximum absolute atomic E-state index is 11.5. The van der Waals surface area contributed by atoms with Crippen molar-refractivity contribution in [2.45, 2.75) is 20.3 Å². The van der Waals surface area contributed by atoms with Crippen LogP contribution in [0.3, 0.4) is 0 Å². The summed E-state index contributed by atoms with van der Waals surface area (Å²) < 4.78 is 11.2. The molecule has 1 rings (SSSR count). The van der Waals surface area contributed by atoms with Crippen LogP contribution in [0, 0.1) is 0 Å². The molecule has 0 atom stereocenters. The predicted molar refractivity (Wildman–Crippen MR) is 69.7 cm³/mol. The van der Waals surface area contributed by atoms with Crippen LogP contribution in [0.1, 0.15) is 20.3 Å². The Labute approximate surface area is 109 Å². The first kappa shape index (κ1) is 15.1. The van der Waals surface area contributed by atoms with Gasteiger partial charge in [0, 0.05) is 13.3 Å². The molecule has 18 heavy (non-hydrogen) atoms. The molecule has 1 aliphatic rings. The van der Waals surface area contributed by atoms with E-state index in [1.807, 2.05) is 13.8 Å². The molecule has 5 heteroatoms. The van der Waals surface area contributed by atoms with E-state index in [4.69, 9.17) is 15.2 Å². The molecule has 0 amide bonds. The zero-order valence-electron chi connectivity index (χ0n) is 11.5. The summed E-state index contributed by atoms with van der Waals surface area (Å²) in [4.78, 5) is 11.5. The van der Waals surface area contributed by atoms with Crippen LogP contribution in [0.4, 0.5) is 0 Å². The van der Waals surface area contributed by atoms with Crippen LogP contribution in [0.5, 0.6) is 0 Å². The van der Waals surface area contributed by atoms with Gasteiger partial charge in [0.2, 0.25) is 0 Å². The van der Waals surface area contributed by atoms with E-state index >= 15 is 0 Å². The molecule has 2 N–H and O–H groups in total. The molecule has 1 fully saturated rings. The van der Waals surface area contributed by atoms with Crippen molar-refractivity contribution in [3.05, 3.63) is 11.8 Å². The van der Waals surface area contributed by atoms with Crippen molar-refractivity contribution in [3.8, 4) is 0 Å². The molecule has 5 nitrogen and oxygen atoms in total. The molecular formula is C13H25N2O3+. The van der Waals surface area contributed by atoms with Gasteiger partial charge < -0.3 is 15.2 Å². The molecule has 0 bridgehead atoms. The second kappa shape index (κ2) is 7.51. The summed E-state index contributed by atoms with van der Waals surface area (Å²) in [6, 6.07) is 0. The summed E-state index contributed by atoms with van der Waals surface area (Å²) in [6.45, 7) is 9.14. The molecule has 1 saturated heterocycles. The summed E-state index contributed by atoms with van der Waals surface area (Å²) in [5.41, 5.74) is 6.65. The van der Waals surface area contributed by atoms with Gasteiger partial charge in [-0.3, -0.25) is 4.48 Å². The monoisotopic (exact) mass is 257 g/mol. The fourth-order valence-corrected chi connectivity index (χ4v) is 2.33. The van der Waals surface area contributed by atoms with Crippen molar-refractivity contribution in [1.29, 1.82) is 0 Å². The van der Waals surface area contributed by atoms with Crippen molar-refractivity contribution >= 4 is 5.97 Å². The highest BCUT2D eigenvalue weighted by molar-refractivity contribution is 5.82. The molecular weight excluding hydrogens is 232 g/mol. The Morgan fingerprint density at radius 3 is 2.67 bits per heavy atom. The summed E-state index contributed by atoms with van der Waals surface area (Å²) in [6.07, 6.45) is 2.57. The van der Waals surface area contributed by atoms with E-state index in [-0.39, 0.29) is 5.97 Å². The maximum atomic E-state index is 11.5. The van der Waals surface area contributed by atoms with Crippen LogP contribution >= 0.6 is 0 Å². The van der Waals surface area contributed by atoms with E-state index in [0.717, 1.165) is 49.4 Å². The average molecular weight is 257 g/mol. The number of carbonyl (C=O) groups excluding carboxylic acids is 1. The Morgan fingerprint density at radius 2 is 2.11 bits per heavy atom. The second-order valence-corrected chi connectivity index (χ2v) is 4.61. The maximum Gasteiger partial charge on any atom is 0.336 e. The number of nitrogens with two attached hydrogens (primary N) is 1. The first-order valence-corrected chi connectivity index (χ1v) is 6.64. The average Bonchev–Trinajstić information content (AvgIpc) is 2.37. The lowest BCUT2D eigenvalue weighted by Crippen LogP contribution is -2.54. The molecule has 104 valence electrons. The van der Waals surface area contributed by atoms with Gasteiger partial charge in [-0.2, -0.15) is 0 Å². The van der Waals surface area contributed by atoms with Crippen LogP contribution in [-0.2, 0) is 14.3 Å². The largest absolute Gasteiger partial charge is 0.463 e. The van der Waals surface area contributed by atoms with Crippen LogP contribution < -0.4 is 5.73 Å². The molecule has 0 radical (unpaired) electrons. The van der Waals surface area contributed by atoms with Gasteiger partial charge in [-0.15, -0.1) is 0 Å². The van der Waals surface area contributed by atoms with Crippen molar-refractivity contribution in [2.24, 2.45) is 5.73 Å². The predicted octanol–water partition coefficient (Wildman–Crippen LogP) is 0.649. The lowest BCUT2D eigenvalue weighted by Gasteiger charge is -2.41. The highest BCUT2D eigenvalue weighted by Gasteiger charge is 2.32. The molecule has 0 aliphatic carbocycles. The van der Waals surface area contributed by atoms with Crippen LogP contribution in [-0.4, -0.2) is 56.5 Å². The number of nitrogens with zero attached hydrogens (tertiary/aromatic N) is 1. The van der Waals surface area contributed by atoms with Gasteiger partial charge in [0.25, 0.3) is 0 Å². The number of hydrogen-bond acceptors (Lipinski definition) is 4. The minimum absolute atomic E-state index is 0.258. The van der Waals surface area contributed by atoms with E-state index in [0.29, 0.717) is 13.2 Å². The number of hydrogen-bond donors (Lipinski definition) is 1. The van der Waals surface area contributed by atoms with Crippen molar-refractivity contribution < 1.29 is 18.8 Å².